The van der Waals surface area contributed by atoms with Gasteiger partial charge in [0.05, 0.1) is 38.4 Å². The number of carbonyl (C=O) groups excluding carboxylic acids is 1. The molecule has 0 saturated carbocycles. The van der Waals surface area contributed by atoms with Gasteiger partial charge in [-0.05, 0) is 18.6 Å². The number of para-hydroxylation sites is 1. The van der Waals surface area contributed by atoms with Gasteiger partial charge in [-0.1, -0.05) is 12.1 Å². The fourth-order valence-corrected chi connectivity index (χ4v) is 3.34. The van der Waals surface area contributed by atoms with Crippen LogP contribution in [0.3, 0.4) is 0 Å². The second kappa shape index (κ2) is 8.12. The molecule has 0 aromatic heterocycles. The summed E-state index contributed by atoms with van der Waals surface area (Å²) in [6, 6.07) is 6.14. The van der Waals surface area contributed by atoms with Crippen molar-refractivity contribution >= 4 is 5.91 Å². The molecule has 3 rings (SSSR count). The Morgan fingerprint density at radius 2 is 2.04 bits per heavy atom. The first-order valence-electron chi connectivity index (χ1n) is 8.73. The second-order valence-corrected chi connectivity index (χ2v) is 6.71. The fraction of sp³-hybridized carbons (Fsp3) is 0.611. The molecule has 7 heteroatoms. The summed E-state index contributed by atoms with van der Waals surface area (Å²) in [6.07, 6.45) is 0.742. The summed E-state index contributed by atoms with van der Waals surface area (Å²) >= 11 is 0. The van der Waals surface area contributed by atoms with Crippen LogP contribution in [0.2, 0.25) is 0 Å². The molecule has 2 aliphatic rings. The Bertz CT molecular complexity index is 594. The highest BCUT2D eigenvalue weighted by molar-refractivity contribution is 5.76. The zero-order valence-corrected chi connectivity index (χ0v) is 14.3. The molecule has 1 N–H and O–H groups in total. The molecular formula is C18H25FN2O4. The predicted octanol–water partition coefficient (Wildman–Crippen LogP) is 0.890. The van der Waals surface area contributed by atoms with Crippen molar-refractivity contribution in [3.8, 4) is 5.75 Å². The maximum atomic E-state index is 13.5. The van der Waals surface area contributed by atoms with E-state index < -0.39 is 11.4 Å². The number of morpholine rings is 1. The molecule has 0 radical (unpaired) electrons. The van der Waals surface area contributed by atoms with Crippen molar-refractivity contribution in [2.24, 2.45) is 0 Å². The number of β-amino-alcohol motifs (C(OH)–C–C–N with tert-alkyl or cyclic N) is 1. The molecule has 2 heterocycles. The van der Waals surface area contributed by atoms with E-state index >= 15 is 0 Å². The molecule has 6 nitrogen and oxygen atoms in total. The van der Waals surface area contributed by atoms with E-state index in [0.717, 1.165) is 13.1 Å². The van der Waals surface area contributed by atoms with Gasteiger partial charge < -0.3 is 19.5 Å². The molecule has 1 atom stereocenters. The number of aliphatic hydroxyl groups is 1. The maximum absolute atomic E-state index is 13.5. The predicted molar refractivity (Wildman–Crippen MR) is 89.9 cm³/mol. The van der Waals surface area contributed by atoms with Gasteiger partial charge in [0.25, 0.3) is 0 Å². The molecular weight excluding hydrogens is 327 g/mol. The number of halogens is 1. The Balaban J connectivity index is 1.43. The lowest BCUT2D eigenvalue weighted by Gasteiger charge is -2.33. The Kier molecular flexibility index (Phi) is 5.88. The number of likely N-dealkylation sites (tertiary alicyclic amines) is 1. The molecule has 1 aromatic carbocycles. The van der Waals surface area contributed by atoms with Gasteiger partial charge in [0, 0.05) is 26.2 Å². The van der Waals surface area contributed by atoms with Crippen molar-refractivity contribution in [3.05, 3.63) is 30.1 Å². The fourth-order valence-electron chi connectivity index (χ4n) is 3.34. The molecule has 0 bridgehead atoms. The van der Waals surface area contributed by atoms with Gasteiger partial charge in [0.2, 0.25) is 5.91 Å². The molecule has 1 amide bonds. The van der Waals surface area contributed by atoms with Gasteiger partial charge in [0.1, 0.15) is 0 Å². The number of benzene rings is 1. The van der Waals surface area contributed by atoms with Gasteiger partial charge in [-0.2, -0.15) is 0 Å². The number of nitrogens with zero attached hydrogens (tertiary/aromatic N) is 2. The average Bonchev–Trinajstić information content (AvgIpc) is 2.99. The topological polar surface area (TPSA) is 62.2 Å². The monoisotopic (exact) mass is 352 g/mol. The highest BCUT2D eigenvalue weighted by Crippen LogP contribution is 2.24. The van der Waals surface area contributed by atoms with E-state index in [0.29, 0.717) is 39.3 Å². The Morgan fingerprint density at radius 3 is 2.80 bits per heavy atom. The maximum Gasteiger partial charge on any atom is 0.226 e. The van der Waals surface area contributed by atoms with Crippen LogP contribution < -0.4 is 4.74 Å². The summed E-state index contributed by atoms with van der Waals surface area (Å²) in [6.45, 7) is 4.56. The lowest BCUT2D eigenvalue weighted by Crippen LogP contribution is -2.49. The largest absolute Gasteiger partial charge is 0.490 e. The molecule has 0 spiro atoms. The Hall–Kier alpha value is -1.70. The number of hydrogen-bond acceptors (Lipinski definition) is 5. The summed E-state index contributed by atoms with van der Waals surface area (Å²) in [4.78, 5) is 16.2. The first-order chi connectivity index (χ1) is 12.1. The normalized spacial score (nSPS) is 24.5. The first kappa shape index (κ1) is 18.1. The summed E-state index contributed by atoms with van der Waals surface area (Å²) in [7, 11) is 0. The van der Waals surface area contributed by atoms with Crippen molar-refractivity contribution in [2.75, 3.05) is 52.5 Å². The van der Waals surface area contributed by atoms with Gasteiger partial charge in [-0.15, -0.1) is 0 Å². The van der Waals surface area contributed by atoms with Crippen LogP contribution in [-0.2, 0) is 9.53 Å². The zero-order chi connectivity index (χ0) is 17.7. The number of ether oxygens (including phenoxy) is 2. The van der Waals surface area contributed by atoms with Gasteiger partial charge in [0.15, 0.2) is 11.6 Å². The van der Waals surface area contributed by atoms with Crippen molar-refractivity contribution in [1.29, 1.82) is 0 Å². The van der Waals surface area contributed by atoms with E-state index in [-0.39, 0.29) is 24.7 Å². The summed E-state index contributed by atoms with van der Waals surface area (Å²) in [5.41, 5.74) is -0.862. The first-order valence-corrected chi connectivity index (χ1v) is 8.73. The quantitative estimate of drug-likeness (QED) is 0.824. The van der Waals surface area contributed by atoms with E-state index in [4.69, 9.17) is 9.47 Å². The van der Waals surface area contributed by atoms with Crippen LogP contribution in [0.1, 0.15) is 12.8 Å². The smallest absolute Gasteiger partial charge is 0.226 e. The van der Waals surface area contributed by atoms with Crippen LogP contribution >= 0.6 is 0 Å². The van der Waals surface area contributed by atoms with Crippen LogP contribution in [0, 0.1) is 5.82 Å². The SMILES string of the molecule is O=C(CCOc1ccccc1F)N1CC[C@](O)(CN2CCOCC2)C1. The molecule has 25 heavy (non-hydrogen) atoms. The highest BCUT2D eigenvalue weighted by atomic mass is 19.1. The number of hydrogen-bond donors (Lipinski definition) is 1. The zero-order valence-electron chi connectivity index (χ0n) is 14.3. The Labute approximate surface area is 147 Å². The van der Waals surface area contributed by atoms with Crippen LogP contribution in [0.5, 0.6) is 5.75 Å². The molecule has 138 valence electrons. The van der Waals surface area contributed by atoms with Gasteiger partial charge >= 0.3 is 0 Å². The molecule has 2 fully saturated rings. The summed E-state index contributed by atoms with van der Waals surface area (Å²) in [5.74, 6) is -0.356. The third-order valence-corrected chi connectivity index (χ3v) is 4.72. The van der Waals surface area contributed by atoms with Gasteiger partial charge in [-0.3, -0.25) is 9.69 Å². The number of carbonyl (C=O) groups is 1. The summed E-state index contributed by atoms with van der Waals surface area (Å²) < 4.78 is 24.1. The third kappa shape index (κ3) is 4.90. The minimum absolute atomic E-state index is 0.0748. The van der Waals surface area contributed by atoms with Crippen molar-refractivity contribution in [1.82, 2.24) is 9.80 Å². The van der Waals surface area contributed by atoms with Crippen LogP contribution in [-0.4, -0.2) is 79.0 Å². The second-order valence-electron chi connectivity index (χ2n) is 6.71. The van der Waals surface area contributed by atoms with Gasteiger partial charge in [-0.25, -0.2) is 4.39 Å². The lowest BCUT2D eigenvalue weighted by molar-refractivity contribution is -0.132. The van der Waals surface area contributed by atoms with Crippen molar-refractivity contribution < 1.29 is 23.8 Å². The standard InChI is InChI=1S/C18H25FN2O4/c19-15-3-1-2-4-16(15)25-10-5-17(22)21-7-6-18(23,14-21)13-20-8-11-24-12-9-20/h1-4,23H,5-14H2/t18-/m0/s1. The van der Waals surface area contributed by atoms with Crippen LogP contribution in [0.25, 0.3) is 0 Å². The lowest BCUT2D eigenvalue weighted by atomic mass is 10.0. The van der Waals surface area contributed by atoms with E-state index in [9.17, 15) is 14.3 Å². The molecule has 2 aliphatic heterocycles. The van der Waals surface area contributed by atoms with E-state index in [1.807, 2.05) is 0 Å². The van der Waals surface area contributed by atoms with Crippen LogP contribution in [0.15, 0.2) is 24.3 Å². The molecule has 1 aromatic rings. The van der Waals surface area contributed by atoms with Crippen LogP contribution in [0.4, 0.5) is 4.39 Å². The minimum Gasteiger partial charge on any atom is -0.490 e. The number of rotatable bonds is 6. The molecule has 2 saturated heterocycles. The minimum atomic E-state index is -0.862. The van der Waals surface area contributed by atoms with E-state index in [2.05, 4.69) is 4.90 Å². The summed E-state index contributed by atoms with van der Waals surface area (Å²) in [5, 5.41) is 10.7. The highest BCUT2D eigenvalue weighted by Gasteiger charge is 2.39. The van der Waals surface area contributed by atoms with Crippen molar-refractivity contribution in [2.45, 2.75) is 18.4 Å². The molecule has 0 aliphatic carbocycles. The number of amides is 1. The van der Waals surface area contributed by atoms with E-state index in [1.165, 1.54) is 12.1 Å². The third-order valence-electron chi connectivity index (χ3n) is 4.72. The average molecular weight is 352 g/mol. The molecule has 0 unspecified atom stereocenters. The Morgan fingerprint density at radius 1 is 1.28 bits per heavy atom. The van der Waals surface area contributed by atoms with Crippen molar-refractivity contribution in [3.63, 3.8) is 0 Å². The van der Waals surface area contributed by atoms with E-state index in [1.54, 1.807) is 17.0 Å².